The summed E-state index contributed by atoms with van der Waals surface area (Å²) >= 11 is 0. The molecule has 3 rings (SSSR count). The number of amides is 2. The van der Waals surface area contributed by atoms with Crippen LogP contribution in [0.25, 0.3) is 0 Å². The van der Waals surface area contributed by atoms with Gasteiger partial charge in [0.15, 0.2) is 0 Å². The maximum absolute atomic E-state index is 12.4. The number of nitrogens with one attached hydrogen (secondary N) is 2. The van der Waals surface area contributed by atoms with E-state index in [0.717, 1.165) is 38.8 Å². The smallest absolute Gasteiger partial charge is 0.317 e. The Labute approximate surface area is 145 Å². The summed E-state index contributed by atoms with van der Waals surface area (Å²) in [7, 11) is 0. The van der Waals surface area contributed by atoms with Crippen LogP contribution in [0, 0.1) is 0 Å². The van der Waals surface area contributed by atoms with Gasteiger partial charge in [0.1, 0.15) is 0 Å². The van der Waals surface area contributed by atoms with E-state index in [1.54, 1.807) is 0 Å². The van der Waals surface area contributed by atoms with Crippen LogP contribution in [0.15, 0.2) is 24.5 Å². The van der Waals surface area contributed by atoms with Gasteiger partial charge in [0.25, 0.3) is 0 Å². The molecule has 0 radical (unpaired) electrons. The molecule has 24 heavy (non-hydrogen) atoms. The molecule has 2 fully saturated rings. The fourth-order valence-corrected chi connectivity index (χ4v) is 3.86. The van der Waals surface area contributed by atoms with Gasteiger partial charge in [-0.2, -0.15) is 0 Å². The Hall–Kier alpha value is -1.62. The summed E-state index contributed by atoms with van der Waals surface area (Å²) in [5, 5.41) is 6.92. The third-order valence-electron chi connectivity index (χ3n) is 5.41. The van der Waals surface area contributed by atoms with Crippen molar-refractivity contribution < 1.29 is 4.79 Å². The molecule has 2 amide bonds. The minimum absolute atomic E-state index is 0.141. The highest BCUT2D eigenvalue weighted by molar-refractivity contribution is 5.74. The number of likely N-dealkylation sites (tertiary alicyclic amines) is 1. The maximum atomic E-state index is 12.4. The van der Waals surface area contributed by atoms with Crippen LogP contribution in [0.1, 0.15) is 63.5 Å². The van der Waals surface area contributed by atoms with Crippen molar-refractivity contribution in [2.24, 2.45) is 0 Å². The Balaban J connectivity index is 1.41. The molecule has 1 aromatic heterocycles. The summed E-state index contributed by atoms with van der Waals surface area (Å²) in [6.07, 6.45) is 11.8. The number of carbonyl (C=O) groups is 1. The van der Waals surface area contributed by atoms with Gasteiger partial charge >= 0.3 is 6.03 Å². The van der Waals surface area contributed by atoms with E-state index in [2.05, 4.69) is 34.7 Å². The van der Waals surface area contributed by atoms with Crippen LogP contribution in [-0.2, 0) is 0 Å². The Bertz CT molecular complexity index is 507. The maximum Gasteiger partial charge on any atom is 0.317 e. The summed E-state index contributed by atoms with van der Waals surface area (Å²) in [6, 6.07) is 5.46. The molecule has 0 aromatic carbocycles. The molecule has 0 spiro atoms. The quantitative estimate of drug-likeness (QED) is 0.891. The summed E-state index contributed by atoms with van der Waals surface area (Å²) in [5.74, 6) is 0. The highest BCUT2D eigenvalue weighted by atomic mass is 16.2. The Morgan fingerprint density at radius 2 is 1.75 bits per heavy atom. The van der Waals surface area contributed by atoms with Crippen molar-refractivity contribution in [3.05, 3.63) is 30.1 Å². The molecular weight excluding hydrogens is 300 g/mol. The lowest BCUT2D eigenvalue weighted by atomic mass is 9.95. The van der Waals surface area contributed by atoms with Gasteiger partial charge in [-0.3, -0.25) is 4.98 Å². The molecule has 0 bridgehead atoms. The highest BCUT2D eigenvalue weighted by Gasteiger charge is 2.25. The molecule has 1 aliphatic heterocycles. The van der Waals surface area contributed by atoms with Crippen molar-refractivity contribution >= 4 is 6.03 Å². The lowest BCUT2D eigenvalue weighted by Gasteiger charge is -2.35. The number of pyridine rings is 1. The monoisotopic (exact) mass is 330 g/mol. The van der Waals surface area contributed by atoms with E-state index in [9.17, 15) is 4.79 Å². The predicted molar refractivity (Wildman–Crippen MR) is 95.8 cm³/mol. The second kappa shape index (κ2) is 8.47. The van der Waals surface area contributed by atoms with Gasteiger partial charge in [-0.05, 0) is 50.3 Å². The molecular formula is C19H30N4O. The fraction of sp³-hybridized carbons (Fsp3) is 0.684. The molecule has 1 atom stereocenters. The number of carbonyl (C=O) groups excluding carboxylic acids is 1. The van der Waals surface area contributed by atoms with Crippen LogP contribution in [-0.4, -0.2) is 41.1 Å². The van der Waals surface area contributed by atoms with Gasteiger partial charge in [-0.1, -0.05) is 19.3 Å². The number of urea groups is 1. The zero-order valence-corrected chi connectivity index (χ0v) is 14.7. The number of aromatic nitrogens is 1. The number of piperidine rings is 1. The first kappa shape index (κ1) is 17.2. The lowest BCUT2D eigenvalue weighted by molar-refractivity contribution is 0.168. The molecule has 5 heteroatoms. The fourth-order valence-electron chi connectivity index (χ4n) is 3.86. The van der Waals surface area contributed by atoms with Crippen LogP contribution < -0.4 is 10.6 Å². The molecule has 0 unspecified atom stereocenters. The summed E-state index contributed by atoms with van der Waals surface area (Å²) in [5.41, 5.74) is 1.27. The van der Waals surface area contributed by atoms with Crippen molar-refractivity contribution in [1.29, 1.82) is 0 Å². The Kier molecular flexibility index (Phi) is 6.07. The molecule has 5 nitrogen and oxygen atoms in total. The van der Waals surface area contributed by atoms with Gasteiger partial charge < -0.3 is 15.5 Å². The third-order valence-corrected chi connectivity index (χ3v) is 5.41. The molecule has 1 aliphatic carbocycles. The summed E-state index contributed by atoms with van der Waals surface area (Å²) in [4.78, 5) is 18.5. The van der Waals surface area contributed by atoms with E-state index in [1.807, 2.05) is 17.3 Å². The predicted octanol–water partition coefficient (Wildman–Crippen LogP) is 3.24. The second-order valence-corrected chi connectivity index (χ2v) is 7.21. The number of rotatable bonds is 4. The van der Waals surface area contributed by atoms with Crippen molar-refractivity contribution in [2.45, 2.75) is 70.0 Å². The number of hydrogen-bond acceptors (Lipinski definition) is 3. The first-order valence-corrected chi connectivity index (χ1v) is 9.44. The van der Waals surface area contributed by atoms with Gasteiger partial charge in [-0.15, -0.1) is 0 Å². The zero-order chi connectivity index (χ0) is 16.8. The molecule has 1 saturated carbocycles. The van der Waals surface area contributed by atoms with Crippen LogP contribution in [0.5, 0.6) is 0 Å². The Morgan fingerprint density at radius 3 is 2.42 bits per heavy atom. The summed E-state index contributed by atoms with van der Waals surface area (Å²) in [6.45, 7) is 3.88. The van der Waals surface area contributed by atoms with Crippen molar-refractivity contribution in [1.82, 2.24) is 20.5 Å². The molecule has 2 aliphatic rings. The Morgan fingerprint density at radius 1 is 1.08 bits per heavy atom. The number of hydrogen-bond donors (Lipinski definition) is 2. The average molecular weight is 330 g/mol. The largest absolute Gasteiger partial charge is 0.335 e. The average Bonchev–Trinajstić information content (AvgIpc) is 2.64. The number of nitrogens with zero attached hydrogens (tertiary/aromatic N) is 2. The van der Waals surface area contributed by atoms with E-state index in [-0.39, 0.29) is 6.03 Å². The van der Waals surface area contributed by atoms with Crippen molar-refractivity contribution in [2.75, 3.05) is 13.1 Å². The van der Waals surface area contributed by atoms with Crippen molar-refractivity contribution in [3.8, 4) is 0 Å². The molecule has 132 valence electrons. The van der Waals surface area contributed by atoms with Crippen LogP contribution in [0.2, 0.25) is 0 Å². The van der Waals surface area contributed by atoms with E-state index in [0.29, 0.717) is 18.1 Å². The third kappa shape index (κ3) is 4.69. The molecule has 2 N–H and O–H groups in total. The van der Waals surface area contributed by atoms with Crippen LogP contribution in [0.4, 0.5) is 4.79 Å². The van der Waals surface area contributed by atoms with Gasteiger partial charge in [0.05, 0.1) is 0 Å². The van der Waals surface area contributed by atoms with Gasteiger partial charge in [-0.25, -0.2) is 4.79 Å². The summed E-state index contributed by atoms with van der Waals surface area (Å²) < 4.78 is 0. The SMILES string of the molecule is C[C@@H](NC1CCN(C(=O)NC2CCCCC2)CC1)c1ccncc1. The van der Waals surface area contributed by atoms with E-state index in [1.165, 1.54) is 24.8 Å². The van der Waals surface area contributed by atoms with Gasteiger partial charge in [0.2, 0.25) is 0 Å². The highest BCUT2D eigenvalue weighted by Crippen LogP contribution is 2.19. The van der Waals surface area contributed by atoms with Crippen LogP contribution >= 0.6 is 0 Å². The van der Waals surface area contributed by atoms with E-state index < -0.39 is 0 Å². The molecule has 2 heterocycles. The molecule has 1 saturated heterocycles. The van der Waals surface area contributed by atoms with E-state index >= 15 is 0 Å². The minimum atomic E-state index is 0.141. The minimum Gasteiger partial charge on any atom is -0.335 e. The molecule has 1 aromatic rings. The zero-order valence-electron chi connectivity index (χ0n) is 14.7. The standard InChI is InChI=1S/C19H30N4O/c1-15(16-7-11-20-12-8-16)21-18-9-13-23(14-10-18)19(24)22-17-5-3-2-4-6-17/h7-8,11-12,15,17-18,21H,2-6,9-10,13-14H2,1H3,(H,22,24)/t15-/m1/s1. The topological polar surface area (TPSA) is 57.3 Å². The van der Waals surface area contributed by atoms with Crippen molar-refractivity contribution in [3.63, 3.8) is 0 Å². The van der Waals surface area contributed by atoms with Crippen LogP contribution in [0.3, 0.4) is 0 Å². The first-order chi connectivity index (χ1) is 11.7. The van der Waals surface area contributed by atoms with E-state index in [4.69, 9.17) is 0 Å². The van der Waals surface area contributed by atoms with Gasteiger partial charge in [0, 0.05) is 43.6 Å². The second-order valence-electron chi connectivity index (χ2n) is 7.21. The lowest BCUT2D eigenvalue weighted by Crippen LogP contribution is -2.51. The first-order valence-electron chi connectivity index (χ1n) is 9.44. The normalized spacial score (nSPS) is 21.5.